The predicted octanol–water partition coefficient (Wildman–Crippen LogP) is 2.35. The Morgan fingerprint density at radius 2 is 2.50 bits per heavy atom. The van der Waals surface area contributed by atoms with Crippen LogP contribution in [0.2, 0.25) is 0 Å². The van der Waals surface area contributed by atoms with Crippen LogP contribution in [0.15, 0.2) is 11.4 Å². The van der Waals surface area contributed by atoms with Crippen LogP contribution in [-0.2, 0) is 0 Å². The highest BCUT2D eigenvalue weighted by molar-refractivity contribution is 8.00. The fourth-order valence-electron chi connectivity index (χ4n) is 1.83. The maximum absolute atomic E-state index is 11.8. The first kappa shape index (κ1) is 11.8. The van der Waals surface area contributed by atoms with Crippen LogP contribution < -0.4 is 11.1 Å². The Bertz CT molecular complexity index is 383. The van der Waals surface area contributed by atoms with Crippen molar-refractivity contribution in [2.75, 3.05) is 18.0 Å². The smallest absolute Gasteiger partial charge is 0.263 e. The Hall–Kier alpha value is -0.680. The number of carbonyl (C=O) groups excluding carboxylic acids is 1. The first-order valence-electron chi connectivity index (χ1n) is 5.36. The number of nitrogens with two attached hydrogens (primary N) is 1. The van der Waals surface area contributed by atoms with Gasteiger partial charge in [-0.15, -0.1) is 11.3 Å². The molecule has 0 spiro atoms. The summed E-state index contributed by atoms with van der Waals surface area (Å²) in [7, 11) is 0. The number of hydrogen-bond donors (Lipinski definition) is 2. The summed E-state index contributed by atoms with van der Waals surface area (Å²) >= 11 is 3.34. The van der Waals surface area contributed by atoms with E-state index < -0.39 is 0 Å². The van der Waals surface area contributed by atoms with E-state index in [1.165, 1.54) is 29.9 Å². The van der Waals surface area contributed by atoms with Crippen molar-refractivity contribution in [1.29, 1.82) is 0 Å². The van der Waals surface area contributed by atoms with Gasteiger partial charge >= 0.3 is 0 Å². The quantitative estimate of drug-likeness (QED) is 0.873. The summed E-state index contributed by atoms with van der Waals surface area (Å²) in [5.74, 6) is 1.16. The lowest BCUT2D eigenvalue weighted by Gasteiger charge is -2.22. The first-order chi connectivity index (χ1) is 7.61. The van der Waals surface area contributed by atoms with Crippen molar-refractivity contribution in [1.82, 2.24) is 5.32 Å². The predicted molar refractivity (Wildman–Crippen MR) is 71.2 cm³/mol. The number of nitrogen functional groups attached to an aromatic ring is 1. The van der Waals surface area contributed by atoms with E-state index in [1.54, 1.807) is 6.07 Å². The molecule has 1 amide bonds. The van der Waals surface area contributed by atoms with Gasteiger partial charge in [0.1, 0.15) is 4.88 Å². The summed E-state index contributed by atoms with van der Waals surface area (Å²) in [5, 5.41) is 4.82. The molecule has 0 saturated carbocycles. The Kier molecular flexibility index (Phi) is 3.44. The van der Waals surface area contributed by atoms with E-state index in [0.29, 0.717) is 10.6 Å². The number of nitrogens with one attached hydrogen (secondary N) is 1. The molecule has 3 N–H and O–H groups in total. The number of hydrogen-bond acceptors (Lipinski definition) is 4. The van der Waals surface area contributed by atoms with Crippen molar-refractivity contribution in [2.45, 2.75) is 24.5 Å². The average Bonchev–Trinajstić information content (AvgIpc) is 2.85. The second kappa shape index (κ2) is 4.67. The molecule has 1 aromatic heterocycles. The van der Waals surface area contributed by atoms with Crippen LogP contribution in [0.25, 0.3) is 0 Å². The zero-order valence-electron chi connectivity index (χ0n) is 9.29. The zero-order chi connectivity index (χ0) is 11.6. The van der Waals surface area contributed by atoms with Crippen LogP contribution in [0.3, 0.4) is 0 Å². The fraction of sp³-hybridized carbons (Fsp3) is 0.545. The molecule has 0 aliphatic carbocycles. The van der Waals surface area contributed by atoms with Crippen molar-refractivity contribution < 1.29 is 4.79 Å². The number of thioether (sulfide) groups is 1. The second-order valence-corrected chi connectivity index (χ2v) is 6.89. The fourth-order valence-corrected chi connectivity index (χ4v) is 3.81. The first-order valence-corrected chi connectivity index (χ1v) is 7.22. The summed E-state index contributed by atoms with van der Waals surface area (Å²) in [6.45, 7) is 2.94. The van der Waals surface area contributed by atoms with Crippen molar-refractivity contribution >= 4 is 34.7 Å². The van der Waals surface area contributed by atoms with E-state index in [9.17, 15) is 4.79 Å². The lowest BCUT2D eigenvalue weighted by atomic mass is 10.1. The van der Waals surface area contributed by atoms with Gasteiger partial charge < -0.3 is 11.1 Å². The van der Waals surface area contributed by atoms with Gasteiger partial charge in [-0.2, -0.15) is 11.8 Å². The van der Waals surface area contributed by atoms with Gasteiger partial charge in [-0.1, -0.05) is 0 Å². The van der Waals surface area contributed by atoms with Crippen LogP contribution in [0.1, 0.15) is 29.4 Å². The number of carbonyl (C=O) groups is 1. The molecule has 2 heterocycles. The highest BCUT2D eigenvalue weighted by atomic mass is 32.2. The third-order valence-corrected chi connectivity index (χ3v) is 5.29. The van der Waals surface area contributed by atoms with Gasteiger partial charge in [0, 0.05) is 11.3 Å². The van der Waals surface area contributed by atoms with Crippen LogP contribution in [0.4, 0.5) is 5.69 Å². The summed E-state index contributed by atoms with van der Waals surface area (Å²) in [5.41, 5.74) is 6.28. The van der Waals surface area contributed by atoms with Crippen molar-refractivity contribution in [3.63, 3.8) is 0 Å². The largest absolute Gasteiger partial charge is 0.397 e. The minimum absolute atomic E-state index is 0.0405. The summed E-state index contributed by atoms with van der Waals surface area (Å²) in [4.78, 5) is 12.5. The maximum Gasteiger partial charge on any atom is 0.263 e. The molecule has 2 rings (SSSR count). The highest BCUT2D eigenvalue weighted by Gasteiger charge is 2.30. The topological polar surface area (TPSA) is 55.1 Å². The molecule has 0 radical (unpaired) electrons. The third-order valence-electron chi connectivity index (χ3n) is 2.83. The van der Waals surface area contributed by atoms with E-state index in [0.717, 1.165) is 6.54 Å². The van der Waals surface area contributed by atoms with Crippen LogP contribution in [0.5, 0.6) is 0 Å². The highest BCUT2D eigenvalue weighted by Crippen LogP contribution is 2.37. The summed E-state index contributed by atoms with van der Waals surface area (Å²) < 4.78 is 0.210. The molecule has 3 nitrogen and oxygen atoms in total. The number of amides is 1. The van der Waals surface area contributed by atoms with Gasteiger partial charge in [0.15, 0.2) is 0 Å². The molecule has 16 heavy (non-hydrogen) atoms. The second-order valence-electron chi connectivity index (χ2n) is 4.29. The Balaban J connectivity index is 1.91. The van der Waals surface area contributed by atoms with Gasteiger partial charge in [0.2, 0.25) is 0 Å². The molecule has 0 bridgehead atoms. The molecule has 88 valence electrons. The van der Waals surface area contributed by atoms with Crippen molar-refractivity contribution in [3.8, 4) is 0 Å². The lowest BCUT2D eigenvalue weighted by Crippen LogP contribution is -2.36. The van der Waals surface area contributed by atoms with E-state index in [1.807, 2.05) is 17.1 Å². The standard InChI is InChI=1S/C11H16N2OS2/c1-11(4-2-5-16-11)7-13-10(14)9-8(12)3-6-15-9/h3,6H,2,4-5,7,12H2,1H3,(H,13,14). The molecule has 1 aliphatic heterocycles. The third kappa shape index (κ3) is 2.52. The maximum atomic E-state index is 11.8. The molecule has 1 atom stereocenters. The van der Waals surface area contributed by atoms with Crippen molar-refractivity contribution in [2.24, 2.45) is 0 Å². The van der Waals surface area contributed by atoms with Crippen molar-refractivity contribution in [3.05, 3.63) is 16.3 Å². The van der Waals surface area contributed by atoms with Gasteiger partial charge in [-0.3, -0.25) is 4.79 Å². The molecule has 1 unspecified atom stereocenters. The van der Waals surface area contributed by atoms with Crippen LogP contribution >= 0.6 is 23.1 Å². The molecule has 1 aromatic rings. The summed E-state index contributed by atoms with van der Waals surface area (Å²) in [6.07, 6.45) is 2.43. The molecule has 1 saturated heterocycles. The normalized spacial score (nSPS) is 24.6. The monoisotopic (exact) mass is 256 g/mol. The number of rotatable bonds is 3. The van der Waals surface area contributed by atoms with Crippen LogP contribution in [0, 0.1) is 0 Å². The minimum Gasteiger partial charge on any atom is -0.397 e. The molecule has 1 fully saturated rings. The number of anilines is 1. The van der Waals surface area contributed by atoms with E-state index in [-0.39, 0.29) is 10.7 Å². The molecule has 1 aliphatic rings. The minimum atomic E-state index is -0.0405. The molecule has 5 heteroatoms. The zero-order valence-corrected chi connectivity index (χ0v) is 10.9. The Labute approximate surface area is 104 Å². The SMILES string of the molecule is CC1(CNC(=O)c2sccc2N)CCCS1. The molecule has 0 aromatic carbocycles. The van der Waals surface area contributed by atoms with E-state index in [2.05, 4.69) is 12.2 Å². The van der Waals surface area contributed by atoms with Gasteiger partial charge in [-0.05, 0) is 37.0 Å². The summed E-state index contributed by atoms with van der Waals surface area (Å²) in [6, 6.07) is 1.77. The number of thiophene rings is 1. The van der Waals surface area contributed by atoms with Gasteiger partial charge in [-0.25, -0.2) is 0 Å². The Morgan fingerprint density at radius 3 is 3.06 bits per heavy atom. The van der Waals surface area contributed by atoms with Crippen LogP contribution in [-0.4, -0.2) is 23.0 Å². The van der Waals surface area contributed by atoms with Gasteiger partial charge in [0.05, 0.1) is 5.69 Å². The average molecular weight is 256 g/mol. The molecular weight excluding hydrogens is 240 g/mol. The molecular formula is C11H16N2OS2. The van der Waals surface area contributed by atoms with E-state index >= 15 is 0 Å². The van der Waals surface area contributed by atoms with Gasteiger partial charge in [0.25, 0.3) is 5.91 Å². The van der Waals surface area contributed by atoms with E-state index in [4.69, 9.17) is 5.73 Å². The Morgan fingerprint density at radius 1 is 1.69 bits per heavy atom. The lowest BCUT2D eigenvalue weighted by molar-refractivity contribution is 0.0955.